The Morgan fingerprint density at radius 3 is 1.89 bits per heavy atom. The van der Waals surface area contributed by atoms with E-state index in [0.717, 1.165) is 10.9 Å². The van der Waals surface area contributed by atoms with Gasteiger partial charge in [-0.05, 0) is 73.5 Å². The summed E-state index contributed by atoms with van der Waals surface area (Å²) in [5.74, 6) is -0.0323. The van der Waals surface area contributed by atoms with E-state index in [2.05, 4.69) is 55.9 Å². The monoisotopic (exact) mass is 799 g/mol. The number of hydrogen-bond acceptors (Lipinski definition) is 12. The second-order valence-electron chi connectivity index (χ2n) is 13.1. The van der Waals surface area contributed by atoms with E-state index in [1.54, 1.807) is 30.6 Å². The van der Waals surface area contributed by atoms with E-state index in [0.29, 0.717) is 68.4 Å². The first-order chi connectivity index (χ1) is 27.6. The first kappa shape index (κ1) is 38.7. The molecule has 0 saturated carbocycles. The summed E-state index contributed by atoms with van der Waals surface area (Å²) in [6.45, 7) is 1.67. The van der Waals surface area contributed by atoms with Crippen LogP contribution in [0.4, 0.5) is 30.9 Å². The number of H-pyrrole nitrogens is 2. The van der Waals surface area contributed by atoms with Gasteiger partial charge in [0.1, 0.15) is 17.2 Å². The van der Waals surface area contributed by atoms with Crippen LogP contribution in [0.1, 0.15) is 40.9 Å². The number of rotatable bonds is 8. The third-order valence-corrected chi connectivity index (χ3v) is 10.2. The summed E-state index contributed by atoms with van der Waals surface area (Å²) < 4.78 is 40.0. The molecule has 1 atom stereocenters. The van der Waals surface area contributed by atoms with Crippen LogP contribution in [0.2, 0.25) is 0 Å². The molecule has 57 heavy (non-hydrogen) atoms. The molecule has 1 unspecified atom stereocenters. The van der Waals surface area contributed by atoms with Gasteiger partial charge in [0.2, 0.25) is 23.7 Å². The summed E-state index contributed by atoms with van der Waals surface area (Å²) in [5.41, 5.74) is 0.426. The minimum atomic E-state index is -4.51. The zero-order valence-corrected chi connectivity index (χ0v) is 31.0. The van der Waals surface area contributed by atoms with Crippen LogP contribution in [-0.2, 0) is 15.8 Å². The Balaban J connectivity index is 0.000000175. The van der Waals surface area contributed by atoms with Gasteiger partial charge in [0.25, 0.3) is 5.91 Å². The zero-order valence-electron chi connectivity index (χ0n) is 30.2. The maximum absolute atomic E-state index is 13.3. The van der Waals surface area contributed by atoms with Crippen LogP contribution in [0.15, 0.2) is 84.6 Å². The van der Waals surface area contributed by atoms with Crippen LogP contribution in [0.25, 0.3) is 23.0 Å². The van der Waals surface area contributed by atoms with Crippen LogP contribution < -0.4 is 15.5 Å². The molecule has 294 valence electrons. The van der Waals surface area contributed by atoms with Crippen molar-refractivity contribution in [3.05, 3.63) is 95.1 Å². The van der Waals surface area contributed by atoms with Gasteiger partial charge >= 0.3 is 6.18 Å². The second-order valence-corrected chi connectivity index (χ2v) is 14.1. The fourth-order valence-electron chi connectivity index (χ4n) is 6.45. The lowest BCUT2D eigenvalue weighted by molar-refractivity contribution is -0.137. The average Bonchev–Trinajstić information content (AvgIpc) is 4.05. The summed E-state index contributed by atoms with van der Waals surface area (Å²) in [5, 5.41) is 20.8. The summed E-state index contributed by atoms with van der Waals surface area (Å²) in [6.07, 6.45) is 2.45. The highest BCUT2D eigenvalue weighted by Gasteiger charge is 2.37. The number of halogens is 3. The van der Waals surface area contributed by atoms with Gasteiger partial charge in [-0.15, -0.1) is 21.5 Å². The van der Waals surface area contributed by atoms with Gasteiger partial charge in [-0.2, -0.15) is 23.1 Å². The Hall–Kier alpha value is -6.57. The maximum Gasteiger partial charge on any atom is 0.419 e. The number of pyridine rings is 3. The van der Waals surface area contributed by atoms with E-state index < -0.39 is 17.7 Å². The van der Waals surface area contributed by atoms with Crippen molar-refractivity contribution in [2.45, 2.75) is 31.9 Å². The van der Waals surface area contributed by atoms with Crippen molar-refractivity contribution < 1.29 is 27.6 Å². The molecule has 0 radical (unpaired) electrons. The number of hydrogen-bond donors (Lipinski definition) is 4. The van der Waals surface area contributed by atoms with Gasteiger partial charge in [-0.25, -0.2) is 4.98 Å². The van der Waals surface area contributed by atoms with Crippen molar-refractivity contribution in [3.8, 4) is 23.0 Å². The van der Waals surface area contributed by atoms with Gasteiger partial charge in [0.15, 0.2) is 11.6 Å². The number of alkyl halides is 3. The fourth-order valence-corrected chi connectivity index (χ4v) is 7.14. The normalized spacial score (nSPS) is 16.0. The first-order valence-electron chi connectivity index (χ1n) is 18.0. The predicted octanol–water partition coefficient (Wildman–Crippen LogP) is 5.55. The quantitative estimate of drug-likeness (QED) is 0.150. The molecular formula is C37H36F3N13O3S. The lowest BCUT2D eigenvalue weighted by Gasteiger charge is -2.33. The van der Waals surface area contributed by atoms with E-state index >= 15 is 0 Å². The molecule has 2 aliphatic heterocycles. The molecule has 2 saturated heterocycles. The number of anilines is 3. The Morgan fingerprint density at radius 1 is 0.719 bits per heavy atom. The molecule has 3 amide bonds. The Bertz CT molecular complexity index is 2260. The molecule has 2 fully saturated rings. The molecule has 6 aromatic rings. The van der Waals surface area contributed by atoms with Crippen molar-refractivity contribution >= 4 is 46.8 Å². The molecule has 0 aromatic carbocycles. The molecule has 0 spiro atoms. The number of nitrogens with one attached hydrogen (secondary N) is 4. The molecule has 8 rings (SSSR count). The van der Waals surface area contributed by atoms with Gasteiger partial charge in [0.05, 0.1) is 16.4 Å². The largest absolute Gasteiger partial charge is 0.419 e. The van der Waals surface area contributed by atoms with E-state index in [1.807, 2.05) is 40.6 Å². The maximum atomic E-state index is 13.3. The first-order valence-corrected chi connectivity index (χ1v) is 18.9. The summed E-state index contributed by atoms with van der Waals surface area (Å²) in [7, 11) is 0. The number of amides is 3. The minimum absolute atomic E-state index is 0.0397. The zero-order chi connectivity index (χ0) is 39.8. The van der Waals surface area contributed by atoms with Crippen molar-refractivity contribution in [1.29, 1.82) is 0 Å². The predicted molar refractivity (Wildman–Crippen MR) is 204 cm³/mol. The van der Waals surface area contributed by atoms with Crippen LogP contribution in [0, 0.1) is 11.8 Å². The molecule has 8 heterocycles. The van der Waals surface area contributed by atoms with Gasteiger partial charge in [-0.1, -0.05) is 18.2 Å². The third-order valence-electron chi connectivity index (χ3n) is 9.32. The number of aromatic nitrogens is 9. The van der Waals surface area contributed by atoms with Crippen LogP contribution >= 0.6 is 11.3 Å². The van der Waals surface area contributed by atoms with E-state index in [-0.39, 0.29) is 47.9 Å². The Labute approximate surface area is 327 Å². The number of nitrogens with zero attached hydrogens (tertiary/aromatic N) is 9. The van der Waals surface area contributed by atoms with Crippen LogP contribution in [-0.4, -0.2) is 94.1 Å². The minimum Gasteiger partial charge on any atom is -0.355 e. The third kappa shape index (κ3) is 9.63. The second kappa shape index (κ2) is 17.5. The van der Waals surface area contributed by atoms with Gasteiger partial charge in [-0.3, -0.25) is 45.2 Å². The Kier molecular flexibility index (Phi) is 11.9. The standard InChI is InChI=1S/C19H18F3N7O.C18H18N6O2S/c20-19(21,22)13-6-3-9-24-16(13)29-10-4-5-12(11-29)17(30)26-18-25-15(27-28-18)14-7-1-2-8-23-14;25-16(21-18-20-15(22-23-18)13-4-1-2-8-19-13)12-6-9-24(10-7-12)17(26)14-5-3-11-27-14/h1-3,6-9,12H,4-5,10-11H2,(H2,25,26,27,28,30);1-5,8,11-12H,6-7,9-10H2,(H2,20,21,22,23,25). The Morgan fingerprint density at radius 2 is 1.33 bits per heavy atom. The molecule has 16 nitrogen and oxygen atoms in total. The van der Waals surface area contributed by atoms with Crippen molar-refractivity contribution in [2.75, 3.05) is 41.7 Å². The number of likely N-dealkylation sites (tertiary alicyclic amines) is 1. The molecule has 0 bridgehead atoms. The van der Waals surface area contributed by atoms with Crippen molar-refractivity contribution in [3.63, 3.8) is 0 Å². The fraction of sp³-hybridized carbons (Fsp3) is 0.297. The van der Waals surface area contributed by atoms with E-state index in [9.17, 15) is 27.6 Å². The molecule has 0 aliphatic carbocycles. The summed E-state index contributed by atoms with van der Waals surface area (Å²) in [4.78, 5) is 62.3. The highest BCUT2D eigenvalue weighted by atomic mass is 32.1. The SMILES string of the molecule is O=C(Nc1n[nH]c(-c2ccccn2)n1)C1CCCN(c2ncccc2C(F)(F)F)C1.O=C(Nc1n[nH]c(-c2ccccn2)n1)C1CCN(C(=O)c2cccs2)CC1. The number of carbonyl (C=O) groups excluding carboxylic acids is 3. The average molecular weight is 800 g/mol. The molecule has 6 aromatic heterocycles. The van der Waals surface area contributed by atoms with Crippen molar-refractivity contribution in [1.82, 2.24) is 50.2 Å². The lowest BCUT2D eigenvalue weighted by Crippen LogP contribution is -2.42. The van der Waals surface area contributed by atoms with Crippen molar-refractivity contribution in [2.24, 2.45) is 11.8 Å². The molecule has 4 N–H and O–H groups in total. The molecular weight excluding hydrogens is 764 g/mol. The number of carbonyl (C=O) groups is 3. The summed E-state index contributed by atoms with van der Waals surface area (Å²) >= 11 is 1.44. The van der Waals surface area contributed by atoms with E-state index in [1.165, 1.54) is 28.5 Å². The smallest absolute Gasteiger partial charge is 0.355 e. The topological polar surface area (TPSA) is 204 Å². The highest BCUT2D eigenvalue weighted by molar-refractivity contribution is 7.12. The van der Waals surface area contributed by atoms with Crippen LogP contribution in [0.5, 0.6) is 0 Å². The highest BCUT2D eigenvalue weighted by Crippen LogP contribution is 2.36. The molecule has 20 heteroatoms. The van der Waals surface area contributed by atoms with Gasteiger partial charge < -0.3 is 9.80 Å². The van der Waals surface area contributed by atoms with Gasteiger partial charge in [0, 0.05) is 50.7 Å². The summed E-state index contributed by atoms with van der Waals surface area (Å²) in [6, 6.07) is 16.7. The van der Waals surface area contributed by atoms with Crippen LogP contribution in [0.3, 0.4) is 0 Å². The number of aromatic amines is 2. The number of piperidine rings is 2. The lowest BCUT2D eigenvalue weighted by atomic mass is 9.96. The van der Waals surface area contributed by atoms with E-state index in [4.69, 9.17) is 0 Å². The molecule has 2 aliphatic rings. The number of thiophene rings is 1.